The zero-order chi connectivity index (χ0) is 13.5. The third-order valence-corrected chi connectivity index (χ3v) is 3.70. The Bertz CT molecular complexity index is 392. The highest BCUT2D eigenvalue weighted by molar-refractivity contribution is 5.39. The Morgan fingerprint density at radius 3 is 3.05 bits per heavy atom. The normalized spacial score (nSPS) is 15.1. The van der Waals surface area contributed by atoms with Crippen LogP contribution in [0.5, 0.6) is 5.75 Å². The van der Waals surface area contributed by atoms with Crippen molar-refractivity contribution in [2.45, 2.75) is 38.6 Å². The number of nitrogens with one attached hydrogen (secondary N) is 1. The van der Waals surface area contributed by atoms with Gasteiger partial charge in [0, 0.05) is 26.2 Å². The first-order valence-electron chi connectivity index (χ1n) is 7.30. The second-order valence-electron chi connectivity index (χ2n) is 5.12. The molecular formula is C16H25NO2. The van der Waals surface area contributed by atoms with Gasteiger partial charge in [-0.3, -0.25) is 0 Å². The summed E-state index contributed by atoms with van der Waals surface area (Å²) >= 11 is 0. The Morgan fingerprint density at radius 1 is 1.37 bits per heavy atom. The van der Waals surface area contributed by atoms with Crippen LogP contribution in [-0.2, 0) is 17.6 Å². The fourth-order valence-corrected chi connectivity index (χ4v) is 2.63. The zero-order valence-corrected chi connectivity index (χ0v) is 12.1. The fourth-order valence-electron chi connectivity index (χ4n) is 2.63. The molecule has 3 nitrogen and oxygen atoms in total. The predicted molar refractivity (Wildman–Crippen MR) is 77.9 cm³/mol. The Labute approximate surface area is 116 Å². The second-order valence-corrected chi connectivity index (χ2v) is 5.12. The van der Waals surface area contributed by atoms with Crippen molar-refractivity contribution >= 4 is 0 Å². The average Bonchev–Trinajstić information content (AvgIpc) is 2.89. The van der Waals surface area contributed by atoms with Gasteiger partial charge in [0.2, 0.25) is 0 Å². The minimum Gasteiger partial charge on any atom is -0.493 e. The molecule has 0 saturated heterocycles. The Hall–Kier alpha value is -1.06. The molecule has 0 bridgehead atoms. The van der Waals surface area contributed by atoms with E-state index >= 15 is 0 Å². The number of benzene rings is 1. The van der Waals surface area contributed by atoms with Gasteiger partial charge in [0.25, 0.3) is 0 Å². The predicted octanol–water partition coefficient (Wildman–Crippen LogP) is 2.57. The Morgan fingerprint density at radius 2 is 2.26 bits per heavy atom. The summed E-state index contributed by atoms with van der Waals surface area (Å²) in [7, 11) is 1.77. The number of hydrogen-bond donors (Lipinski definition) is 1. The van der Waals surface area contributed by atoms with Crippen LogP contribution in [0.2, 0.25) is 0 Å². The summed E-state index contributed by atoms with van der Waals surface area (Å²) in [6.45, 7) is 4.85. The molecule has 1 N–H and O–H groups in total. The highest BCUT2D eigenvalue weighted by Gasteiger charge is 2.13. The molecule has 1 aromatic rings. The summed E-state index contributed by atoms with van der Waals surface area (Å²) in [5, 5.41) is 3.54. The van der Waals surface area contributed by atoms with Gasteiger partial charge in [-0.1, -0.05) is 19.1 Å². The van der Waals surface area contributed by atoms with E-state index in [-0.39, 0.29) is 0 Å². The van der Waals surface area contributed by atoms with Gasteiger partial charge < -0.3 is 14.8 Å². The van der Waals surface area contributed by atoms with Gasteiger partial charge in [0.1, 0.15) is 5.75 Å². The van der Waals surface area contributed by atoms with Crippen molar-refractivity contribution in [3.05, 3.63) is 29.3 Å². The minimum absolute atomic E-state index is 0.550. The molecule has 19 heavy (non-hydrogen) atoms. The van der Waals surface area contributed by atoms with E-state index in [9.17, 15) is 0 Å². The van der Waals surface area contributed by atoms with E-state index in [1.54, 1.807) is 7.11 Å². The maximum Gasteiger partial charge on any atom is 0.122 e. The van der Waals surface area contributed by atoms with Crippen LogP contribution in [0, 0.1) is 0 Å². The molecule has 0 saturated carbocycles. The van der Waals surface area contributed by atoms with Crippen LogP contribution >= 0.6 is 0 Å². The van der Waals surface area contributed by atoms with Gasteiger partial charge >= 0.3 is 0 Å². The molecule has 3 heteroatoms. The van der Waals surface area contributed by atoms with Crippen molar-refractivity contribution in [1.82, 2.24) is 5.32 Å². The molecule has 1 atom stereocenters. The van der Waals surface area contributed by atoms with E-state index in [0.717, 1.165) is 51.2 Å². The van der Waals surface area contributed by atoms with Gasteiger partial charge in [-0.15, -0.1) is 0 Å². The number of methoxy groups -OCH3 is 1. The molecule has 0 fully saturated rings. The molecule has 2 rings (SSSR count). The quantitative estimate of drug-likeness (QED) is 0.782. The lowest BCUT2D eigenvalue weighted by atomic mass is 10.0. The molecule has 0 spiro atoms. The monoisotopic (exact) mass is 263 g/mol. The molecule has 0 amide bonds. The van der Waals surface area contributed by atoms with Crippen LogP contribution in [0.1, 0.15) is 30.9 Å². The van der Waals surface area contributed by atoms with Crippen LogP contribution in [0.3, 0.4) is 0 Å². The Balaban J connectivity index is 1.85. The number of hydrogen-bond acceptors (Lipinski definition) is 3. The van der Waals surface area contributed by atoms with Crippen LogP contribution < -0.4 is 10.1 Å². The van der Waals surface area contributed by atoms with Gasteiger partial charge in [0.15, 0.2) is 0 Å². The van der Waals surface area contributed by atoms with Crippen molar-refractivity contribution < 1.29 is 9.47 Å². The van der Waals surface area contributed by atoms with E-state index < -0.39 is 0 Å². The van der Waals surface area contributed by atoms with E-state index in [2.05, 4.69) is 30.4 Å². The van der Waals surface area contributed by atoms with Gasteiger partial charge in [-0.2, -0.15) is 0 Å². The first-order valence-corrected chi connectivity index (χ1v) is 7.30. The SMILES string of the molecule is CCNC(CCOC)CCc1ccc2c(c1)CCO2. The third-order valence-electron chi connectivity index (χ3n) is 3.70. The molecule has 0 radical (unpaired) electrons. The van der Waals surface area contributed by atoms with Crippen LogP contribution in [0.4, 0.5) is 0 Å². The summed E-state index contributed by atoms with van der Waals surface area (Å²) in [6, 6.07) is 7.18. The topological polar surface area (TPSA) is 30.5 Å². The van der Waals surface area contributed by atoms with Crippen molar-refractivity contribution in [2.24, 2.45) is 0 Å². The second kappa shape index (κ2) is 7.51. The van der Waals surface area contributed by atoms with Crippen LogP contribution in [0.25, 0.3) is 0 Å². The molecule has 1 aliphatic heterocycles. The maximum absolute atomic E-state index is 5.54. The van der Waals surface area contributed by atoms with E-state index in [1.807, 2.05) is 0 Å². The zero-order valence-electron chi connectivity index (χ0n) is 12.1. The van der Waals surface area contributed by atoms with Crippen LogP contribution in [-0.4, -0.2) is 32.9 Å². The van der Waals surface area contributed by atoms with E-state index in [1.165, 1.54) is 11.1 Å². The fraction of sp³-hybridized carbons (Fsp3) is 0.625. The average molecular weight is 263 g/mol. The number of aryl methyl sites for hydroxylation is 1. The molecule has 1 aromatic carbocycles. The highest BCUT2D eigenvalue weighted by atomic mass is 16.5. The van der Waals surface area contributed by atoms with Crippen molar-refractivity contribution in [2.75, 3.05) is 26.9 Å². The summed E-state index contributed by atoms with van der Waals surface area (Å²) in [4.78, 5) is 0. The third kappa shape index (κ3) is 4.22. The summed E-state index contributed by atoms with van der Waals surface area (Å²) < 4.78 is 10.7. The largest absolute Gasteiger partial charge is 0.493 e. The molecular weight excluding hydrogens is 238 g/mol. The molecule has 1 aliphatic rings. The van der Waals surface area contributed by atoms with Crippen molar-refractivity contribution in [3.8, 4) is 5.75 Å². The lowest BCUT2D eigenvalue weighted by Crippen LogP contribution is -2.30. The van der Waals surface area contributed by atoms with E-state index in [4.69, 9.17) is 9.47 Å². The highest BCUT2D eigenvalue weighted by Crippen LogP contribution is 2.26. The first-order chi connectivity index (χ1) is 9.33. The molecule has 1 unspecified atom stereocenters. The number of fused-ring (bicyclic) bond motifs is 1. The van der Waals surface area contributed by atoms with Gasteiger partial charge in [0.05, 0.1) is 6.61 Å². The first kappa shape index (κ1) is 14.4. The number of ether oxygens (including phenoxy) is 2. The lowest BCUT2D eigenvalue weighted by Gasteiger charge is -2.17. The smallest absolute Gasteiger partial charge is 0.122 e. The summed E-state index contributed by atoms with van der Waals surface area (Å²) in [5.41, 5.74) is 2.79. The van der Waals surface area contributed by atoms with Gasteiger partial charge in [-0.05, 0) is 43.0 Å². The summed E-state index contributed by atoms with van der Waals surface area (Å²) in [5.74, 6) is 1.08. The van der Waals surface area contributed by atoms with E-state index in [0.29, 0.717) is 6.04 Å². The standard InChI is InChI=1S/C16H25NO2/c1-3-17-15(9-10-18-2)6-4-13-5-7-16-14(12-13)8-11-19-16/h5,7,12,15,17H,3-4,6,8-11H2,1-2H3. The van der Waals surface area contributed by atoms with Crippen molar-refractivity contribution in [1.29, 1.82) is 0 Å². The van der Waals surface area contributed by atoms with Crippen molar-refractivity contribution in [3.63, 3.8) is 0 Å². The molecule has 0 aliphatic carbocycles. The van der Waals surface area contributed by atoms with Crippen LogP contribution in [0.15, 0.2) is 18.2 Å². The maximum atomic E-state index is 5.54. The molecule has 106 valence electrons. The number of rotatable bonds is 8. The molecule has 1 heterocycles. The van der Waals surface area contributed by atoms with Gasteiger partial charge in [-0.25, -0.2) is 0 Å². The Kier molecular flexibility index (Phi) is 5.67. The lowest BCUT2D eigenvalue weighted by molar-refractivity contribution is 0.181. The minimum atomic E-state index is 0.550. The molecule has 0 aromatic heterocycles. The summed E-state index contributed by atoms with van der Waals surface area (Å²) in [6.07, 6.45) is 4.42.